The van der Waals surface area contributed by atoms with Crippen LogP contribution in [0.2, 0.25) is 0 Å². The molecule has 0 atom stereocenters. The molecule has 0 aliphatic carbocycles. The average Bonchev–Trinajstić information content (AvgIpc) is 2.30. The maximum atomic E-state index is 11.4. The molecule has 86 valence electrons. The number of carbonyl (C=O) groups is 1. The summed E-state index contributed by atoms with van der Waals surface area (Å²) >= 11 is 0. The van der Waals surface area contributed by atoms with Crippen LogP contribution in [0.15, 0.2) is 24.4 Å². The summed E-state index contributed by atoms with van der Waals surface area (Å²) in [5.74, 6) is -0.0703. The van der Waals surface area contributed by atoms with E-state index >= 15 is 0 Å². The Morgan fingerprint density at radius 2 is 2.25 bits per heavy atom. The predicted molar refractivity (Wildman–Crippen MR) is 66.2 cm³/mol. The highest BCUT2D eigenvalue weighted by Gasteiger charge is 2.02. The van der Waals surface area contributed by atoms with Gasteiger partial charge in [-0.1, -0.05) is 19.4 Å². The van der Waals surface area contributed by atoms with Crippen molar-refractivity contribution in [1.82, 2.24) is 10.3 Å². The average molecular weight is 218 g/mol. The smallest absolute Gasteiger partial charge is 0.252 e. The molecule has 1 amide bonds. The van der Waals surface area contributed by atoms with E-state index in [1.165, 1.54) is 0 Å². The molecule has 1 aromatic heterocycles. The fourth-order valence-electron chi connectivity index (χ4n) is 1.27. The van der Waals surface area contributed by atoms with Gasteiger partial charge in [-0.2, -0.15) is 0 Å². The first-order chi connectivity index (χ1) is 7.77. The highest BCUT2D eigenvalue weighted by atomic mass is 16.1. The normalized spacial score (nSPS) is 10.6. The number of carbonyl (C=O) groups excluding carboxylic acids is 1. The second kappa shape index (κ2) is 6.77. The van der Waals surface area contributed by atoms with Crippen molar-refractivity contribution in [2.45, 2.75) is 26.7 Å². The first-order valence-corrected chi connectivity index (χ1v) is 5.68. The number of hydrogen-bond donors (Lipinski definition) is 1. The van der Waals surface area contributed by atoms with Crippen LogP contribution < -0.4 is 5.32 Å². The maximum absolute atomic E-state index is 11.4. The van der Waals surface area contributed by atoms with Crippen molar-refractivity contribution >= 4 is 12.0 Å². The van der Waals surface area contributed by atoms with E-state index in [1.807, 2.05) is 19.1 Å². The topological polar surface area (TPSA) is 42.0 Å². The van der Waals surface area contributed by atoms with Gasteiger partial charge in [0.1, 0.15) is 0 Å². The summed E-state index contributed by atoms with van der Waals surface area (Å²) in [7, 11) is 0. The summed E-state index contributed by atoms with van der Waals surface area (Å²) in [4.78, 5) is 15.7. The van der Waals surface area contributed by atoms with Crippen LogP contribution in [0.1, 0.15) is 42.7 Å². The highest BCUT2D eigenvalue weighted by Crippen LogP contribution is 2.03. The Hall–Kier alpha value is -1.64. The lowest BCUT2D eigenvalue weighted by Gasteiger charge is -2.01. The van der Waals surface area contributed by atoms with Crippen LogP contribution >= 0.6 is 0 Å². The summed E-state index contributed by atoms with van der Waals surface area (Å²) in [6, 6.07) is 3.65. The lowest BCUT2D eigenvalue weighted by Crippen LogP contribution is -2.22. The molecule has 0 aliphatic rings. The van der Waals surface area contributed by atoms with Gasteiger partial charge in [0.15, 0.2) is 0 Å². The van der Waals surface area contributed by atoms with Crippen LogP contribution in [0.5, 0.6) is 0 Å². The molecule has 3 nitrogen and oxygen atoms in total. The zero-order valence-corrected chi connectivity index (χ0v) is 9.86. The van der Waals surface area contributed by atoms with Gasteiger partial charge in [-0.15, -0.1) is 0 Å². The molecule has 0 aromatic carbocycles. The summed E-state index contributed by atoms with van der Waals surface area (Å²) in [6.07, 6.45) is 7.86. The molecule has 1 rings (SSSR count). The number of rotatable bonds is 5. The van der Waals surface area contributed by atoms with Crippen molar-refractivity contribution in [3.05, 3.63) is 35.7 Å². The first kappa shape index (κ1) is 12.4. The number of hydrogen-bond acceptors (Lipinski definition) is 2. The molecular weight excluding hydrogens is 200 g/mol. The second-order valence-electron chi connectivity index (χ2n) is 3.52. The van der Waals surface area contributed by atoms with E-state index in [2.05, 4.69) is 23.3 Å². The third kappa shape index (κ3) is 3.85. The minimum atomic E-state index is -0.0703. The van der Waals surface area contributed by atoms with Gasteiger partial charge in [-0.05, 0) is 31.6 Å². The Labute approximate surface area is 96.6 Å². The minimum absolute atomic E-state index is 0.0703. The summed E-state index contributed by atoms with van der Waals surface area (Å²) in [5.41, 5.74) is 1.50. The van der Waals surface area contributed by atoms with Crippen molar-refractivity contribution in [2.75, 3.05) is 6.54 Å². The Morgan fingerprint density at radius 1 is 1.44 bits per heavy atom. The Balaban J connectivity index is 2.64. The Kier molecular flexibility index (Phi) is 5.26. The number of amides is 1. The summed E-state index contributed by atoms with van der Waals surface area (Å²) < 4.78 is 0. The van der Waals surface area contributed by atoms with Gasteiger partial charge >= 0.3 is 0 Å². The van der Waals surface area contributed by atoms with Crippen molar-refractivity contribution in [3.8, 4) is 0 Å². The molecule has 1 N–H and O–H groups in total. The minimum Gasteiger partial charge on any atom is -0.352 e. The molecule has 0 saturated heterocycles. The van der Waals surface area contributed by atoms with Crippen molar-refractivity contribution < 1.29 is 4.79 Å². The maximum Gasteiger partial charge on any atom is 0.252 e. The quantitative estimate of drug-likeness (QED) is 0.825. The fraction of sp³-hybridized carbons (Fsp3) is 0.385. The molecule has 0 unspecified atom stereocenters. The van der Waals surface area contributed by atoms with Gasteiger partial charge in [-0.3, -0.25) is 9.78 Å². The van der Waals surface area contributed by atoms with Crippen LogP contribution in [0.3, 0.4) is 0 Å². The summed E-state index contributed by atoms with van der Waals surface area (Å²) in [6.45, 7) is 4.67. The molecule has 1 heterocycles. The van der Waals surface area contributed by atoms with E-state index < -0.39 is 0 Å². The molecule has 0 fully saturated rings. The largest absolute Gasteiger partial charge is 0.352 e. The van der Waals surface area contributed by atoms with Crippen LogP contribution in [-0.2, 0) is 0 Å². The van der Waals surface area contributed by atoms with Crippen molar-refractivity contribution in [1.29, 1.82) is 0 Å². The molecule has 1 aromatic rings. The third-order valence-corrected chi connectivity index (χ3v) is 2.13. The van der Waals surface area contributed by atoms with E-state index in [1.54, 1.807) is 12.3 Å². The standard InChI is InChI=1S/C13H18N2O/c1-3-5-6-7-12-9-8-11(10-15-12)13(16)14-4-2/h6-10H,3-5H2,1-2H3,(H,14,16)/b7-6+. The fourth-order valence-corrected chi connectivity index (χ4v) is 1.27. The van der Waals surface area contributed by atoms with Crippen molar-refractivity contribution in [2.24, 2.45) is 0 Å². The van der Waals surface area contributed by atoms with Gasteiger partial charge in [0.25, 0.3) is 5.91 Å². The zero-order chi connectivity index (χ0) is 11.8. The van der Waals surface area contributed by atoms with Crippen molar-refractivity contribution in [3.63, 3.8) is 0 Å². The molecule has 3 heteroatoms. The highest BCUT2D eigenvalue weighted by molar-refractivity contribution is 5.93. The number of allylic oxidation sites excluding steroid dienone is 1. The van der Waals surface area contributed by atoms with E-state index in [0.717, 1.165) is 18.5 Å². The van der Waals surface area contributed by atoms with E-state index in [4.69, 9.17) is 0 Å². The third-order valence-electron chi connectivity index (χ3n) is 2.13. The van der Waals surface area contributed by atoms with E-state index in [-0.39, 0.29) is 5.91 Å². The second-order valence-corrected chi connectivity index (χ2v) is 3.52. The first-order valence-electron chi connectivity index (χ1n) is 5.68. The Morgan fingerprint density at radius 3 is 2.81 bits per heavy atom. The molecule has 16 heavy (non-hydrogen) atoms. The van der Waals surface area contributed by atoms with Gasteiger partial charge in [0.2, 0.25) is 0 Å². The Bertz CT molecular complexity index is 355. The molecule has 0 spiro atoms. The molecular formula is C13H18N2O. The monoisotopic (exact) mass is 218 g/mol. The van der Waals surface area contributed by atoms with Crippen LogP contribution in [0.25, 0.3) is 6.08 Å². The van der Waals surface area contributed by atoms with Gasteiger partial charge in [0, 0.05) is 12.7 Å². The zero-order valence-electron chi connectivity index (χ0n) is 9.86. The predicted octanol–water partition coefficient (Wildman–Crippen LogP) is 2.64. The lowest BCUT2D eigenvalue weighted by atomic mass is 10.2. The molecule has 0 bridgehead atoms. The number of unbranched alkanes of at least 4 members (excludes halogenated alkanes) is 1. The van der Waals surface area contributed by atoms with Gasteiger partial charge < -0.3 is 5.32 Å². The number of nitrogens with one attached hydrogen (secondary N) is 1. The van der Waals surface area contributed by atoms with E-state index in [0.29, 0.717) is 12.1 Å². The molecule has 0 radical (unpaired) electrons. The number of aromatic nitrogens is 1. The number of pyridine rings is 1. The summed E-state index contributed by atoms with van der Waals surface area (Å²) in [5, 5.41) is 2.74. The van der Waals surface area contributed by atoms with Crippen LogP contribution in [-0.4, -0.2) is 17.4 Å². The van der Waals surface area contributed by atoms with Gasteiger partial charge in [0.05, 0.1) is 11.3 Å². The van der Waals surface area contributed by atoms with Gasteiger partial charge in [-0.25, -0.2) is 0 Å². The molecule has 0 saturated carbocycles. The van der Waals surface area contributed by atoms with E-state index in [9.17, 15) is 4.79 Å². The van der Waals surface area contributed by atoms with Crippen LogP contribution in [0.4, 0.5) is 0 Å². The van der Waals surface area contributed by atoms with Crippen LogP contribution in [0, 0.1) is 0 Å². The SMILES string of the molecule is CCC/C=C/c1ccc(C(=O)NCC)cn1. The molecule has 0 aliphatic heterocycles. The number of nitrogens with zero attached hydrogens (tertiary/aromatic N) is 1. The lowest BCUT2D eigenvalue weighted by molar-refractivity contribution is 0.0955.